The van der Waals surface area contributed by atoms with Crippen LogP contribution >= 0.6 is 11.6 Å². The predicted octanol–water partition coefficient (Wildman–Crippen LogP) is 4.14. The molecule has 1 atom stereocenters. The molecule has 1 saturated heterocycles. The summed E-state index contributed by atoms with van der Waals surface area (Å²) in [6.45, 7) is 7.68. The van der Waals surface area contributed by atoms with Gasteiger partial charge in [0.05, 0.1) is 11.7 Å². The van der Waals surface area contributed by atoms with Crippen LogP contribution < -0.4 is 10.2 Å². The molecule has 29 heavy (non-hydrogen) atoms. The molecule has 0 bridgehead atoms. The number of Topliss-reactive ketones (excluding diaryl/α,β-unsaturated/α-hetero) is 1. The smallest absolute Gasteiger partial charge is 0.241 e. The summed E-state index contributed by atoms with van der Waals surface area (Å²) in [6, 6.07) is 9.67. The molecule has 3 rings (SSSR count). The van der Waals surface area contributed by atoms with Gasteiger partial charge in [-0.1, -0.05) is 17.7 Å². The number of hydrogen-bond donors (Lipinski definition) is 1. The fourth-order valence-electron chi connectivity index (χ4n) is 3.46. The molecule has 1 amide bonds. The maximum Gasteiger partial charge on any atom is 0.241 e. The molecule has 1 heterocycles. The van der Waals surface area contributed by atoms with Crippen molar-refractivity contribution < 1.29 is 14.0 Å². The molecule has 1 unspecified atom stereocenters. The van der Waals surface area contributed by atoms with Crippen LogP contribution in [-0.2, 0) is 4.79 Å². The number of benzene rings is 2. The molecule has 1 N–H and O–H groups in total. The van der Waals surface area contributed by atoms with Crippen molar-refractivity contribution in [1.82, 2.24) is 4.90 Å². The van der Waals surface area contributed by atoms with Crippen LogP contribution in [0.4, 0.5) is 15.8 Å². The van der Waals surface area contributed by atoms with Gasteiger partial charge in [-0.2, -0.15) is 0 Å². The highest BCUT2D eigenvalue weighted by Crippen LogP contribution is 2.24. The lowest BCUT2D eigenvalue weighted by atomic mass is 10.1. The van der Waals surface area contributed by atoms with Gasteiger partial charge in [0.25, 0.3) is 0 Å². The van der Waals surface area contributed by atoms with E-state index in [0.717, 1.165) is 5.56 Å². The van der Waals surface area contributed by atoms with E-state index in [1.54, 1.807) is 24.3 Å². The number of anilines is 2. The minimum atomic E-state index is -0.395. The number of hydrogen-bond acceptors (Lipinski definition) is 4. The van der Waals surface area contributed by atoms with Crippen LogP contribution in [0.25, 0.3) is 0 Å². The summed E-state index contributed by atoms with van der Waals surface area (Å²) >= 11 is 6.03. The number of carbonyl (C=O) groups is 2. The van der Waals surface area contributed by atoms with Gasteiger partial charge >= 0.3 is 0 Å². The molecule has 5 nitrogen and oxygen atoms in total. The largest absolute Gasteiger partial charge is 0.367 e. The van der Waals surface area contributed by atoms with Crippen LogP contribution in [0.2, 0.25) is 5.02 Å². The third-order valence-corrected chi connectivity index (χ3v) is 5.63. The van der Waals surface area contributed by atoms with E-state index in [4.69, 9.17) is 11.6 Å². The summed E-state index contributed by atoms with van der Waals surface area (Å²) in [6.07, 6.45) is 0. The van der Waals surface area contributed by atoms with Gasteiger partial charge < -0.3 is 10.2 Å². The highest BCUT2D eigenvalue weighted by atomic mass is 35.5. The SMILES string of the molecule is CC(=O)c1ccc(N2CCN(C(C)C(=O)Nc3cc(Cl)ccc3C)CC2)c(F)c1. The number of nitrogens with zero attached hydrogens (tertiary/aromatic N) is 2. The Morgan fingerprint density at radius 1 is 1.10 bits per heavy atom. The van der Waals surface area contributed by atoms with E-state index in [9.17, 15) is 14.0 Å². The highest BCUT2D eigenvalue weighted by molar-refractivity contribution is 6.31. The maximum atomic E-state index is 14.4. The number of halogens is 2. The van der Waals surface area contributed by atoms with Gasteiger partial charge in [0, 0.05) is 42.5 Å². The second-order valence-corrected chi connectivity index (χ2v) is 7.81. The van der Waals surface area contributed by atoms with E-state index < -0.39 is 5.82 Å². The molecule has 0 aromatic heterocycles. The summed E-state index contributed by atoms with van der Waals surface area (Å²) in [5, 5.41) is 3.52. The molecule has 0 aliphatic carbocycles. The zero-order valence-electron chi connectivity index (χ0n) is 16.8. The third kappa shape index (κ3) is 4.95. The second kappa shape index (κ2) is 8.93. The zero-order chi connectivity index (χ0) is 21.1. The first kappa shape index (κ1) is 21.3. The van der Waals surface area contributed by atoms with Crippen LogP contribution in [0.3, 0.4) is 0 Å². The molecular weight excluding hydrogens is 393 g/mol. The number of aryl methyl sites for hydroxylation is 1. The number of piperazine rings is 1. The molecule has 1 aliphatic rings. The average molecular weight is 418 g/mol. The second-order valence-electron chi connectivity index (χ2n) is 7.37. The Balaban J connectivity index is 1.60. The summed E-state index contributed by atoms with van der Waals surface area (Å²) in [5.74, 6) is -0.649. The first-order valence-corrected chi connectivity index (χ1v) is 10.0. The zero-order valence-corrected chi connectivity index (χ0v) is 17.6. The van der Waals surface area contributed by atoms with Crippen molar-refractivity contribution in [3.63, 3.8) is 0 Å². The minimum absolute atomic E-state index is 0.0965. The van der Waals surface area contributed by atoms with Crippen LogP contribution in [0.5, 0.6) is 0 Å². The van der Waals surface area contributed by atoms with E-state index in [1.165, 1.54) is 13.0 Å². The average Bonchev–Trinajstić information content (AvgIpc) is 2.70. The number of carbonyl (C=O) groups excluding carboxylic acids is 2. The molecule has 2 aromatic rings. The van der Waals surface area contributed by atoms with E-state index in [-0.39, 0.29) is 17.7 Å². The molecular formula is C22H25ClFN3O2. The van der Waals surface area contributed by atoms with E-state index in [1.807, 2.05) is 24.8 Å². The standard InChI is InChI=1S/C22H25ClFN3O2/c1-14-4-6-18(23)13-20(14)25-22(29)15(2)26-8-10-27(11-9-26)21-7-5-17(16(3)28)12-19(21)24/h4-7,12-13,15H,8-11H2,1-3H3,(H,25,29). The molecule has 7 heteroatoms. The number of nitrogens with one attached hydrogen (secondary N) is 1. The fraction of sp³-hybridized carbons (Fsp3) is 0.364. The Bertz CT molecular complexity index is 926. The summed E-state index contributed by atoms with van der Waals surface area (Å²) in [7, 11) is 0. The Morgan fingerprint density at radius 2 is 1.79 bits per heavy atom. The van der Waals surface area contributed by atoms with Gasteiger partial charge in [0.15, 0.2) is 5.78 Å². The van der Waals surface area contributed by atoms with Gasteiger partial charge in [-0.25, -0.2) is 4.39 Å². The third-order valence-electron chi connectivity index (χ3n) is 5.39. The lowest BCUT2D eigenvalue weighted by molar-refractivity contribution is -0.120. The van der Waals surface area contributed by atoms with Crippen molar-refractivity contribution >= 4 is 34.7 Å². The quantitative estimate of drug-likeness (QED) is 0.743. The lowest BCUT2D eigenvalue weighted by Gasteiger charge is -2.38. The Hall–Kier alpha value is -2.44. The van der Waals surface area contributed by atoms with Crippen LogP contribution in [0.1, 0.15) is 29.8 Å². The fourth-order valence-corrected chi connectivity index (χ4v) is 3.64. The Kier molecular flexibility index (Phi) is 6.55. The number of rotatable bonds is 5. The van der Waals surface area contributed by atoms with Crippen molar-refractivity contribution in [2.24, 2.45) is 0 Å². The highest BCUT2D eigenvalue weighted by Gasteiger charge is 2.27. The van der Waals surface area contributed by atoms with E-state index in [2.05, 4.69) is 10.2 Å². The summed E-state index contributed by atoms with van der Waals surface area (Å²) < 4.78 is 14.4. The lowest BCUT2D eigenvalue weighted by Crippen LogP contribution is -2.53. The van der Waals surface area contributed by atoms with Gasteiger partial charge in [-0.05, 0) is 56.7 Å². The number of amides is 1. The van der Waals surface area contributed by atoms with Crippen molar-refractivity contribution in [2.75, 3.05) is 36.4 Å². The monoisotopic (exact) mass is 417 g/mol. The molecule has 0 spiro atoms. The van der Waals surface area contributed by atoms with Gasteiger partial charge in [-0.15, -0.1) is 0 Å². The van der Waals surface area contributed by atoms with E-state index >= 15 is 0 Å². The molecule has 0 saturated carbocycles. The minimum Gasteiger partial charge on any atom is -0.367 e. The Labute approximate surface area is 175 Å². The van der Waals surface area contributed by atoms with Crippen molar-refractivity contribution in [3.8, 4) is 0 Å². The normalized spacial score (nSPS) is 15.8. The van der Waals surface area contributed by atoms with Gasteiger partial charge in [-0.3, -0.25) is 14.5 Å². The van der Waals surface area contributed by atoms with Crippen molar-refractivity contribution in [2.45, 2.75) is 26.8 Å². The first-order valence-electron chi connectivity index (χ1n) is 9.63. The van der Waals surface area contributed by atoms with Crippen molar-refractivity contribution in [3.05, 3.63) is 58.4 Å². The summed E-state index contributed by atoms with van der Waals surface area (Å²) in [4.78, 5) is 28.1. The summed E-state index contributed by atoms with van der Waals surface area (Å²) in [5.41, 5.74) is 2.51. The topological polar surface area (TPSA) is 52.7 Å². The first-order chi connectivity index (χ1) is 13.8. The van der Waals surface area contributed by atoms with Crippen LogP contribution in [-0.4, -0.2) is 48.8 Å². The molecule has 2 aromatic carbocycles. The van der Waals surface area contributed by atoms with Gasteiger partial charge in [0.2, 0.25) is 5.91 Å². The van der Waals surface area contributed by atoms with Crippen LogP contribution in [0, 0.1) is 12.7 Å². The molecule has 1 aliphatic heterocycles. The predicted molar refractivity (Wildman–Crippen MR) is 114 cm³/mol. The molecule has 0 radical (unpaired) electrons. The Morgan fingerprint density at radius 3 is 2.41 bits per heavy atom. The van der Waals surface area contributed by atoms with Crippen molar-refractivity contribution in [1.29, 1.82) is 0 Å². The number of ketones is 1. The van der Waals surface area contributed by atoms with E-state index in [0.29, 0.717) is 48.1 Å². The van der Waals surface area contributed by atoms with Crippen LogP contribution in [0.15, 0.2) is 36.4 Å². The van der Waals surface area contributed by atoms with Gasteiger partial charge in [0.1, 0.15) is 5.82 Å². The molecule has 1 fully saturated rings. The maximum absolute atomic E-state index is 14.4. The molecule has 154 valence electrons.